The average molecular weight is 373 g/mol. The van der Waals surface area contributed by atoms with Crippen molar-refractivity contribution in [3.8, 4) is 0 Å². The summed E-state index contributed by atoms with van der Waals surface area (Å²) >= 11 is 3.57. The number of hydrogen-bond acceptors (Lipinski definition) is 2. The SMILES string of the molecule is CCCCO[SiH](OCCCC)C(CC)c1cccc(Br)c1. The molecule has 0 saturated heterocycles. The van der Waals surface area contributed by atoms with Crippen LogP contribution in [0, 0.1) is 0 Å². The molecule has 21 heavy (non-hydrogen) atoms. The number of hydrogen-bond donors (Lipinski definition) is 0. The first-order chi connectivity index (χ1) is 10.2. The third kappa shape index (κ3) is 7.09. The van der Waals surface area contributed by atoms with E-state index in [1.807, 2.05) is 0 Å². The highest BCUT2D eigenvalue weighted by Gasteiger charge is 2.26. The monoisotopic (exact) mass is 372 g/mol. The van der Waals surface area contributed by atoms with Crippen LogP contribution >= 0.6 is 15.9 Å². The lowest BCUT2D eigenvalue weighted by Crippen LogP contribution is -2.32. The lowest BCUT2D eigenvalue weighted by molar-refractivity contribution is 0.183. The summed E-state index contributed by atoms with van der Waals surface area (Å²) in [5, 5.41) is 0. The summed E-state index contributed by atoms with van der Waals surface area (Å²) < 4.78 is 13.5. The van der Waals surface area contributed by atoms with Crippen molar-refractivity contribution in [1.82, 2.24) is 0 Å². The van der Waals surface area contributed by atoms with E-state index in [9.17, 15) is 0 Å². The van der Waals surface area contributed by atoms with Crippen LogP contribution < -0.4 is 0 Å². The van der Waals surface area contributed by atoms with E-state index >= 15 is 0 Å². The van der Waals surface area contributed by atoms with Gasteiger partial charge in [0.05, 0.1) is 0 Å². The largest absolute Gasteiger partial charge is 0.396 e. The summed E-state index contributed by atoms with van der Waals surface area (Å²) in [5.74, 6) is 0. The van der Waals surface area contributed by atoms with Gasteiger partial charge >= 0.3 is 9.28 Å². The van der Waals surface area contributed by atoms with Crippen LogP contribution in [0.2, 0.25) is 0 Å². The van der Waals surface area contributed by atoms with Gasteiger partial charge in [-0.1, -0.05) is 61.7 Å². The second kappa shape index (κ2) is 11.4. The number of unbranched alkanes of at least 4 members (excludes halogenated alkanes) is 2. The van der Waals surface area contributed by atoms with Gasteiger partial charge in [0, 0.05) is 23.2 Å². The first kappa shape index (κ1) is 18.9. The fourth-order valence-electron chi connectivity index (χ4n) is 2.29. The quantitative estimate of drug-likeness (QED) is 0.385. The first-order valence-corrected chi connectivity index (χ1v) is 10.6. The van der Waals surface area contributed by atoms with Crippen LogP contribution in [-0.2, 0) is 8.85 Å². The molecule has 0 aliphatic carbocycles. The number of halogens is 1. The Morgan fingerprint density at radius 1 is 1.05 bits per heavy atom. The summed E-state index contributed by atoms with van der Waals surface area (Å²) in [6.07, 6.45) is 5.66. The van der Waals surface area contributed by atoms with E-state index < -0.39 is 9.28 Å². The fourth-order valence-corrected chi connectivity index (χ4v) is 4.97. The summed E-state index contributed by atoms with van der Waals surface area (Å²) in [7, 11) is -1.68. The molecule has 0 heterocycles. The highest BCUT2D eigenvalue weighted by molar-refractivity contribution is 9.10. The molecule has 0 N–H and O–H groups in total. The number of rotatable bonds is 11. The minimum atomic E-state index is -1.68. The summed E-state index contributed by atoms with van der Waals surface area (Å²) in [6, 6.07) is 8.58. The van der Waals surface area contributed by atoms with E-state index in [1.54, 1.807) is 0 Å². The van der Waals surface area contributed by atoms with Crippen LogP contribution in [0.25, 0.3) is 0 Å². The van der Waals surface area contributed by atoms with Gasteiger partial charge in [0.25, 0.3) is 0 Å². The van der Waals surface area contributed by atoms with Gasteiger partial charge in [-0.25, -0.2) is 0 Å². The Hall–Kier alpha value is -0.163. The van der Waals surface area contributed by atoms with E-state index in [1.165, 1.54) is 18.4 Å². The smallest absolute Gasteiger partial charge is 0.329 e. The molecule has 0 spiro atoms. The molecule has 0 bridgehead atoms. The third-order valence-corrected chi connectivity index (χ3v) is 6.74. The third-order valence-electron chi connectivity index (χ3n) is 3.61. The van der Waals surface area contributed by atoms with E-state index in [0.717, 1.165) is 36.9 Å². The lowest BCUT2D eigenvalue weighted by Gasteiger charge is -2.25. The van der Waals surface area contributed by atoms with Crippen LogP contribution in [0.4, 0.5) is 0 Å². The van der Waals surface area contributed by atoms with Crippen molar-refractivity contribution in [2.24, 2.45) is 0 Å². The second-order valence-corrected chi connectivity index (χ2v) is 8.51. The van der Waals surface area contributed by atoms with E-state index in [-0.39, 0.29) is 0 Å². The molecular formula is C17H29BrO2Si. The van der Waals surface area contributed by atoms with Gasteiger partial charge in [-0.15, -0.1) is 0 Å². The molecule has 1 unspecified atom stereocenters. The molecule has 0 aliphatic heterocycles. The minimum Gasteiger partial charge on any atom is -0.396 e. The van der Waals surface area contributed by atoms with Gasteiger partial charge < -0.3 is 8.85 Å². The fraction of sp³-hybridized carbons (Fsp3) is 0.647. The van der Waals surface area contributed by atoms with Gasteiger partial charge in [-0.2, -0.15) is 0 Å². The molecule has 0 aromatic heterocycles. The van der Waals surface area contributed by atoms with Crippen LogP contribution in [0.3, 0.4) is 0 Å². The Kier molecular flexibility index (Phi) is 10.3. The van der Waals surface area contributed by atoms with Crippen molar-refractivity contribution in [1.29, 1.82) is 0 Å². The first-order valence-electron chi connectivity index (χ1n) is 8.21. The van der Waals surface area contributed by atoms with Crippen molar-refractivity contribution >= 4 is 25.2 Å². The Morgan fingerprint density at radius 3 is 2.14 bits per heavy atom. The maximum absolute atomic E-state index is 6.18. The van der Waals surface area contributed by atoms with Crippen LogP contribution in [0.1, 0.15) is 64.0 Å². The van der Waals surface area contributed by atoms with Crippen molar-refractivity contribution in [2.45, 2.75) is 58.4 Å². The summed E-state index contributed by atoms with van der Waals surface area (Å²) in [5.41, 5.74) is 1.77. The molecule has 0 saturated carbocycles. The van der Waals surface area contributed by atoms with Crippen molar-refractivity contribution in [3.05, 3.63) is 34.3 Å². The minimum absolute atomic E-state index is 0.427. The molecule has 1 atom stereocenters. The molecule has 1 aromatic rings. The lowest BCUT2D eigenvalue weighted by atomic mass is 10.1. The molecule has 0 fully saturated rings. The van der Waals surface area contributed by atoms with Gasteiger partial charge in [0.15, 0.2) is 0 Å². The average Bonchev–Trinajstić information content (AvgIpc) is 2.48. The highest BCUT2D eigenvalue weighted by Crippen LogP contribution is 2.26. The summed E-state index contributed by atoms with van der Waals surface area (Å²) in [6.45, 7) is 8.30. The van der Waals surface area contributed by atoms with Crippen LogP contribution in [0.5, 0.6) is 0 Å². The van der Waals surface area contributed by atoms with Gasteiger partial charge in [-0.3, -0.25) is 0 Å². The van der Waals surface area contributed by atoms with Crippen LogP contribution in [-0.4, -0.2) is 22.5 Å². The predicted octanol–water partition coefficient (Wildman–Crippen LogP) is 5.34. The maximum Gasteiger partial charge on any atom is 0.329 e. The zero-order valence-corrected chi connectivity index (χ0v) is 16.3. The van der Waals surface area contributed by atoms with E-state index in [2.05, 4.69) is 61.0 Å². The topological polar surface area (TPSA) is 18.5 Å². The zero-order chi connectivity index (χ0) is 15.5. The van der Waals surface area contributed by atoms with Gasteiger partial charge in [0.2, 0.25) is 0 Å². The Labute approximate surface area is 140 Å². The Bertz CT molecular complexity index is 377. The Morgan fingerprint density at radius 2 is 1.67 bits per heavy atom. The maximum atomic E-state index is 6.18. The zero-order valence-electron chi connectivity index (χ0n) is 13.6. The molecular weight excluding hydrogens is 344 g/mol. The summed E-state index contributed by atoms with van der Waals surface area (Å²) in [4.78, 5) is 0. The Balaban J connectivity index is 2.75. The van der Waals surface area contributed by atoms with Gasteiger partial charge in [-0.05, 0) is 37.0 Å². The van der Waals surface area contributed by atoms with Crippen molar-refractivity contribution < 1.29 is 8.85 Å². The molecule has 2 nitrogen and oxygen atoms in total. The second-order valence-electron chi connectivity index (χ2n) is 5.39. The number of benzene rings is 1. The predicted molar refractivity (Wildman–Crippen MR) is 96.0 cm³/mol. The van der Waals surface area contributed by atoms with Crippen molar-refractivity contribution in [3.63, 3.8) is 0 Å². The molecule has 1 aromatic carbocycles. The molecule has 1 rings (SSSR count). The van der Waals surface area contributed by atoms with E-state index in [0.29, 0.717) is 5.54 Å². The molecule has 0 aliphatic rings. The molecule has 4 heteroatoms. The standard InChI is InChI=1S/C17H29BrO2Si/c1-4-7-12-19-21(20-13-8-5-2)17(6-3)15-10-9-11-16(18)14-15/h9-11,14,17,21H,4-8,12-13H2,1-3H3. The normalized spacial score (nSPS) is 12.8. The molecule has 0 amide bonds. The van der Waals surface area contributed by atoms with Crippen molar-refractivity contribution in [2.75, 3.05) is 13.2 Å². The van der Waals surface area contributed by atoms with Crippen LogP contribution in [0.15, 0.2) is 28.7 Å². The van der Waals surface area contributed by atoms with Gasteiger partial charge in [0.1, 0.15) is 0 Å². The molecule has 0 radical (unpaired) electrons. The highest BCUT2D eigenvalue weighted by atomic mass is 79.9. The van der Waals surface area contributed by atoms with E-state index in [4.69, 9.17) is 8.85 Å². The molecule has 120 valence electrons.